The zero-order chi connectivity index (χ0) is 13.1. The lowest BCUT2D eigenvalue weighted by atomic mass is 10.0. The third-order valence-corrected chi connectivity index (χ3v) is 3.09. The molecule has 0 radical (unpaired) electrons. The molecule has 2 rings (SSSR count). The van der Waals surface area contributed by atoms with Crippen LogP contribution in [-0.2, 0) is 0 Å². The van der Waals surface area contributed by atoms with Gasteiger partial charge < -0.3 is 5.32 Å². The van der Waals surface area contributed by atoms with Crippen molar-refractivity contribution in [3.05, 3.63) is 59.2 Å². The first-order valence-electron chi connectivity index (χ1n) is 6.50. The van der Waals surface area contributed by atoms with Crippen LogP contribution in [0, 0.1) is 13.8 Å². The van der Waals surface area contributed by atoms with E-state index in [2.05, 4.69) is 75.5 Å². The van der Waals surface area contributed by atoms with E-state index in [9.17, 15) is 0 Å². The van der Waals surface area contributed by atoms with Gasteiger partial charge in [0, 0.05) is 11.4 Å². The molecular formula is C17H21N. The molecule has 1 N–H and O–H groups in total. The Bertz CT molecular complexity index is 504. The summed E-state index contributed by atoms with van der Waals surface area (Å²) in [6.07, 6.45) is 0. The molecule has 0 heterocycles. The highest BCUT2D eigenvalue weighted by molar-refractivity contribution is 5.61. The molecule has 1 nitrogen and oxygen atoms in total. The van der Waals surface area contributed by atoms with Crippen LogP contribution in [0.2, 0.25) is 0 Å². The second kappa shape index (κ2) is 5.26. The summed E-state index contributed by atoms with van der Waals surface area (Å²) >= 11 is 0. The fraction of sp³-hybridized carbons (Fsp3) is 0.294. The number of nitrogens with one attached hydrogen (secondary N) is 1. The number of hydrogen-bond acceptors (Lipinski definition) is 1. The molecule has 1 heteroatoms. The van der Waals surface area contributed by atoms with Crippen molar-refractivity contribution >= 4 is 11.4 Å². The lowest BCUT2D eigenvalue weighted by Gasteiger charge is -2.10. The van der Waals surface area contributed by atoms with Gasteiger partial charge in [-0.2, -0.15) is 0 Å². The van der Waals surface area contributed by atoms with Crippen LogP contribution in [-0.4, -0.2) is 0 Å². The minimum absolute atomic E-state index is 0.584. The van der Waals surface area contributed by atoms with Crippen molar-refractivity contribution in [3.63, 3.8) is 0 Å². The van der Waals surface area contributed by atoms with Crippen molar-refractivity contribution < 1.29 is 0 Å². The molecule has 18 heavy (non-hydrogen) atoms. The second-order valence-electron chi connectivity index (χ2n) is 5.28. The van der Waals surface area contributed by atoms with E-state index in [-0.39, 0.29) is 0 Å². The zero-order valence-electron chi connectivity index (χ0n) is 11.6. The van der Waals surface area contributed by atoms with Crippen LogP contribution in [0.25, 0.3) is 0 Å². The fourth-order valence-corrected chi connectivity index (χ4v) is 2.16. The molecule has 2 aromatic carbocycles. The van der Waals surface area contributed by atoms with Gasteiger partial charge in [0.25, 0.3) is 0 Å². The molecule has 94 valence electrons. The Morgan fingerprint density at radius 1 is 0.778 bits per heavy atom. The first-order valence-corrected chi connectivity index (χ1v) is 6.50. The molecule has 0 spiro atoms. The largest absolute Gasteiger partial charge is 0.356 e. The van der Waals surface area contributed by atoms with E-state index in [1.54, 1.807) is 0 Å². The maximum absolute atomic E-state index is 3.45. The SMILES string of the molecule is Cc1cc(C)cc(Nc2ccc(C(C)C)cc2)c1. The molecule has 0 atom stereocenters. The van der Waals surface area contributed by atoms with Crippen molar-refractivity contribution in [2.24, 2.45) is 0 Å². The summed E-state index contributed by atoms with van der Waals surface area (Å²) in [6, 6.07) is 15.2. The number of hydrogen-bond donors (Lipinski definition) is 1. The molecule has 2 aromatic rings. The quantitative estimate of drug-likeness (QED) is 0.779. The zero-order valence-corrected chi connectivity index (χ0v) is 11.6. The maximum Gasteiger partial charge on any atom is 0.0389 e. The predicted octanol–water partition coefficient (Wildman–Crippen LogP) is 5.17. The summed E-state index contributed by atoms with van der Waals surface area (Å²) in [6.45, 7) is 8.68. The van der Waals surface area contributed by atoms with Crippen LogP contribution < -0.4 is 5.32 Å². The highest BCUT2D eigenvalue weighted by Gasteiger charge is 2.00. The second-order valence-corrected chi connectivity index (χ2v) is 5.28. The van der Waals surface area contributed by atoms with Crippen LogP contribution in [0.5, 0.6) is 0 Å². The van der Waals surface area contributed by atoms with Crippen LogP contribution in [0.15, 0.2) is 42.5 Å². The smallest absolute Gasteiger partial charge is 0.0389 e. The summed E-state index contributed by atoms with van der Waals surface area (Å²) < 4.78 is 0. The number of rotatable bonds is 3. The molecule has 0 bridgehead atoms. The normalized spacial score (nSPS) is 10.7. The number of aryl methyl sites for hydroxylation is 2. The van der Waals surface area contributed by atoms with Gasteiger partial charge in [0.1, 0.15) is 0 Å². The number of anilines is 2. The van der Waals surface area contributed by atoms with Gasteiger partial charge in [0.05, 0.1) is 0 Å². The van der Waals surface area contributed by atoms with Crippen molar-refractivity contribution in [2.45, 2.75) is 33.6 Å². The lowest BCUT2D eigenvalue weighted by molar-refractivity contribution is 0.867. The Balaban J connectivity index is 2.18. The summed E-state index contributed by atoms with van der Waals surface area (Å²) in [7, 11) is 0. The summed E-state index contributed by atoms with van der Waals surface area (Å²) in [5.41, 5.74) is 6.25. The number of benzene rings is 2. The van der Waals surface area contributed by atoms with Gasteiger partial charge in [0.15, 0.2) is 0 Å². The van der Waals surface area contributed by atoms with E-state index in [0.29, 0.717) is 5.92 Å². The van der Waals surface area contributed by atoms with Gasteiger partial charge in [-0.05, 0) is 60.7 Å². The molecule has 0 fully saturated rings. The van der Waals surface area contributed by atoms with Gasteiger partial charge >= 0.3 is 0 Å². The van der Waals surface area contributed by atoms with Crippen molar-refractivity contribution in [1.82, 2.24) is 0 Å². The Hall–Kier alpha value is -1.76. The topological polar surface area (TPSA) is 12.0 Å². The van der Waals surface area contributed by atoms with E-state index < -0.39 is 0 Å². The van der Waals surface area contributed by atoms with Crippen LogP contribution in [0.3, 0.4) is 0 Å². The third-order valence-electron chi connectivity index (χ3n) is 3.09. The van der Waals surface area contributed by atoms with Crippen molar-refractivity contribution in [1.29, 1.82) is 0 Å². The minimum atomic E-state index is 0.584. The molecule has 0 aromatic heterocycles. The monoisotopic (exact) mass is 239 g/mol. The van der Waals surface area contributed by atoms with E-state index >= 15 is 0 Å². The third kappa shape index (κ3) is 3.13. The highest BCUT2D eigenvalue weighted by atomic mass is 14.9. The van der Waals surface area contributed by atoms with E-state index in [0.717, 1.165) is 11.4 Å². The Kier molecular flexibility index (Phi) is 3.71. The van der Waals surface area contributed by atoms with E-state index in [4.69, 9.17) is 0 Å². The molecular weight excluding hydrogens is 218 g/mol. The first-order chi connectivity index (χ1) is 8.54. The Labute approximate surface area is 110 Å². The van der Waals surface area contributed by atoms with Crippen LogP contribution in [0.4, 0.5) is 11.4 Å². The standard InChI is InChI=1S/C17H21N/c1-12(2)15-5-7-16(8-6-15)18-17-10-13(3)9-14(4)11-17/h5-12,18H,1-4H3. The van der Waals surface area contributed by atoms with E-state index in [1.807, 2.05) is 0 Å². The van der Waals surface area contributed by atoms with Gasteiger partial charge in [0.2, 0.25) is 0 Å². The molecule has 0 unspecified atom stereocenters. The predicted molar refractivity (Wildman–Crippen MR) is 79.7 cm³/mol. The average Bonchev–Trinajstić information content (AvgIpc) is 2.28. The van der Waals surface area contributed by atoms with Gasteiger partial charge in [-0.15, -0.1) is 0 Å². The summed E-state index contributed by atoms with van der Waals surface area (Å²) in [4.78, 5) is 0. The van der Waals surface area contributed by atoms with Gasteiger partial charge in [-0.3, -0.25) is 0 Å². The average molecular weight is 239 g/mol. The maximum atomic E-state index is 3.45. The Morgan fingerprint density at radius 3 is 1.83 bits per heavy atom. The first kappa shape index (κ1) is 12.7. The van der Waals surface area contributed by atoms with Gasteiger partial charge in [-0.1, -0.05) is 32.0 Å². The summed E-state index contributed by atoms with van der Waals surface area (Å²) in [5, 5.41) is 3.45. The van der Waals surface area contributed by atoms with Crippen molar-refractivity contribution in [3.8, 4) is 0 Å². The molecule has 0 saturated heterocycles. The molecule has 0 saturated carbocycles. The Morgan fingerprint density at radius 2 is 1.33 bits per heavy atom. The van der Waals surface area contributed by atoms with Gasteiger partial charge in [-0.25, -0.2) is 0 Å². The summed E-state index contributed by atoms with van der Waals surface area (Å²) in [5.74, 6) is 0.584. The highest BCUT2D eigenvalue weighted by Crippen LogP contribution is 2.22. The van der Waals surface area contributed by atoms with Crippen molar-refractivity contribution in [2.75, 3.05) is 5.32 Å². The lowest BCUT2D eigenvalue weighted by Crippen LogP contribution is -1.93. The molecule has 0 amide bonds. The minimum Gasteiger partial charge on any atom is -0.356 e. The fourth-order valence-electron chi connectivity index (χ4n) is 2.16. The van der Waals surface area contributed by atoms with Crippen LogP contribution in [0.1, 0.15) is 36.5 Å². The van der Waals surface area contributed by atoms with E-state index in [1.165, 1.54) is 16.7 Å². The molecule has 0 aliphatic heterocycles. The molecule has 0 aliphatic rings. The van der Waals surface area contributed by atoms with Crippen LogP contribution >= 0.6 is 0 Å². The molecule has 0 aliphatic carbocycles.